The van der Waals surface area contributed by atoms with Crippen LogP contribution >= 0.6 is 11.8 Å². The zero-order valence-electron chi connectivity index (χ0n) is 7.12. The SMILES string of the molecule is CCOCSc1ccccc1N. The van der Waals surface area contributed by atoms with Gasteiger partial charge in [-0.1, -0.05) is 23.9 Å². The van der Waals surface area contributed by atoms with E-state index in [0.717, 1.165) is 17.2 Å². The fourth-order valence-corrected chi connectivity index (χ4v) is 1.59. The van der Waals surface area contributed by atoms with Crippen LogP contribution in [0.5, 0.6) is 0 Å². The molecule has 2 N–H and O–H groups in total. The Hall–Kier alpha value is -0.670. The first kappa shape index (κ1) is 9.42. The van der Waals surface area contributed by atoms with Crippen LogP contribution < -0.4 is 5.73 Å². The summed E-state index contributed by atoms with van der Waals surface area (Å²) in [5, 5.41) is 0. The fourth-order valence-electron chi connectivity index (χ4n) is 0.800. The van der Waals surface area contributed by atoms with Crippen molar-refractivity contribution in [3.63, 3.8) is 0 Å². The summed E-state index contributed by atoms with van der Waals surface area (Å²) in [5.74, 6) is 0.671. The van der Waals surface area contributed by atoms with Gasteiger partial charge in [0, 0.05) is 17.2 Å². The van der Waals surface area contributed by atoms with Crippen LogP contribution in [0.3, 0.4) is 0 Å². The highest BCUT2D eigenvalue weighted by Crippen LogP contribution is 2.23. The van der Waals surface area contributed by atoms with Crippen molar-refractivity contribution in [3.8, 4) is 0 Å². The summed E-state index contributed by atoms with van der Waals surface area (Å²) in [7, 11) is 0. The molecule has 0 aliphatic carbocycles. The Bertz CT molecular complexity index is 240. The normalized spacial score (nSPS) is 10.1. The lowest BCUT2D eigenvalue weighted by Gasteiger charge is -2.03. The highest BCUT2D eigenvalue weighted by molar-refractivity contribution is 7.99. The number of ether oxygens (including phenoxy) is 1. The van der Waals surface area contributed by atoms with Crippen molar-refractivity contribution in [3.05, 3.63) is 24.3 Å². The van der Waals surface area contributed by atoms with E-state index < -0.39 is 0 Å². The van der Waals surface area contributed by atoms with Gasteiger partial charge in [-0.2, -0.15) is 0 Å². The van der Waals surface area contributed by atoms with Crippen molar-refractivity contribution in [2.24, 2.45) is 0 Å². The number of hydrogen-bond acceptors (Lipinski definition) is 3. The van der Waals surface area contributed by atoms with E-state index >= 15 is 0 Å². The molecule has 1 rings (SSSR count). The molecule has 0 heterocycles. The number of nitrogens with two attached hydrogens (primary N) is 1. The van der Waals surface area contributed by atoms with Gasteiger partial charge in [-0.05, 0) is 19.1 Å². The van der Waals surface area contributed by atoms with Crippen molar-refractivity contribution in [1.82, 2.24) is 0 Å². The minimum absolute atomic E-state index is 0.671. The first-order chi connectivity index (χ1) is 5.84. The molecule has 0 saturated heterocycles. The van der Waals surface area contributed by atoms with Crippen LogP contribution in [0.25, 0.3) is 0 Å². The number of anilines is 1. The standard InChI is InChI=1S/C9H13NOS/c1-2-11-7-12-9-6-4-3-5-8(9)10/h3-6H,2,7,10H2,1H3. The Balaban J connectivity index is 2.46. The second kappa shape index (κ2) is 5.06. The molecule has 0 atom stereocenters. The molecule has 1 aromatic carbocycles. The van der Waals surface area contributed by atoms with E-state index in [1.807, 2.05) is 31.2 Å². The number of nitrogen functional groups attached to an aromatic ring is 1. The molecular weight excluding hydrogens is 170 g/mol. The predicted octanol–water partition coefficient (Wildman–Crippen LogP) is 2.35. The lowest BCUT2D eigenvalue weighted by atomic mass is 10.3. The number of rotatable bonds is 4. The molecule has 0 spiro atoms. The molecule has 0 fully saturated rings. The molecule has 0 unspecified atom stereocenters. The summed E-state index contributed by atoms with van der Waals surface area (Å²) in [6, 6.07) is 7.80. The monoisotopic (exact) mass is 183 g/mol. The molecule has 0 aliphatic rings. The summed E-state index contributed by atoms with van der Waals surface area (Å²) < 4.78 is 5.20. The first-order valence-electron chi connectivity index (χ1n) is 3.89. The molecule has 12 heavy (non-hydrogen) atoms. The minimum atomic E-state index is 0.671. The van der Waals surface area contributed by atoms with Gasteiger partial charge in [0.2, 0.25) is 0 Å². The Morgan fingerprint density at radius 1 is 1.42 bits per heavy atom. The van der Waals surface area contributed by atoms with E-state index in [0.29, 0.717) is 5.94 Å². The van der Waals surface area contributed by atoms with Crippen molar-refractivity contribution < 1.29 is 4.74 Å². The van der Waals surface area contributed by atoms with Crippen LogP contribution in [0.4, 0.5) is 5.69 Å². The third-order valence-electron chi connectivity index (χ3n) is 1.42. The van der Waals surface area contributed by atoms with Crippen molar-refractivity contribution >= 4 is 17.4 Å². The van der Waals surface area contributed by atoms with Crippen LogP contribution in [0.2, 0.25) is 0 Å². The van der Waals surface area contributed by atoms with E-state index in [1.165, 1.54) is 0 Å². The third kappa shape index (κ3) is 2.75. The van der Waals surface area contributed by atoms with E-state index in [9.17, 15) is 0 Å². The quantitative estimate of drug-likeness (QED) is 0.337. The molecular formula is C9H13NOS. The lowest BCUT2D eigenvalue weighted by Crippen LogP contribution is -1.91. The number of thioether (sulfide) groups is 1. The van der Waals surface area contributed by atoms with Gasteiger partial charge in [-0.3, -0.25) is 0 Å². The van der Waals surface area contributed by atoms with E-state index in [2.05, 4.69) is 0 Å². The van der Waals surface area contributed by atoms with Gasteiger partial charge >= 0.3 is 0 Å². The van der Waals surface area contributed by atoms with Gasteiger partial charge in [0.05, 0.1) is 5.94 Å². The smallest absolute Gasteiger partial charge is 0.0967 e. The molecule has 3 heteroatoms. The second-order valence-corrected chi connectivity index (χ2v) is 3.26. The minimum Gasteiger partial charge on any atom is -0.398 e. The van der Waals surface area contributed by atoms with Crippen LogP contribution in [-0.2, 0) is 4.74 Å². The molecule has 0 aromatic heterocycles. The second-order valence-electron chi connectivity index (χ2n) is 2.29. The summed E-state index contributed by atoms with van der Waals surface area (Å²) >= 11 is 1.62. The fraction of sp³-hybridized carbons (Fsp3) is 0.333. The van der Waals surface area contributed by atoms with E-state index in [4.69, 9.17) is 10.5 Å². The number of para-hydroxylation sites is 1. The van der Waals surface area contributed by atoms with Crippen LogP contribution in [0, 0.1) is 0 Å². The van der Waals surface area contributed by atoms with Crippen molar-refractivity contribution in [2.75, 3.05) is 18.3 Å². The Kier molecular flexibility index (Phi) is 3.97. The van der Waals surface area contributed by atoms with Crippen LogP contribution in [0.1, 0.15) is 6.92 Å². The van der Waals surface area contributed by atoms with Gasteiger partial charge in [0.1, 0.15) is 0 Å². The molecule has 0 amide bonds. The maximum absolute atomic E-state index is 5.73. The Morgan fingerprint density at radius 2 is 2.17 bits per heavy atom. The lowest BCUT2D eigenvalue weighted by molar-refractivity contribution is 0.199. The van der Waals surface area contributed by atoms with Crippen molar-refractivity contribution in [2.45, 2.75) is 11.8 Å². The molecule has 1 aromatic rings. The first-order valence-corrected chi connectivity index (χ1v) is 4.88. The van der Waals surface area contributed by atoms with E-state index in [1.54, 1.807) is 11.8 Å². The average Bonchev–Trinajstić information content (AvgIpc) is 2.09. The highest BCUT2D eigenvalue weighted by Gasteiger charge is 1.96. The molecule has 2 nitrogen and oxygen atoms in total. The van der Waals surface area contributed by atoms with Gasteiger partial charge in [-0.25, -0.2) is 0 Å². The summed E-state index contributed by atoms with van der Waals surface area (Å²) in [4.78, 5) is 1.09. The van der Waals surface area contributed by atoms with Gasteiger partial charge in [0.25, 0.3) is 0 Å². The average molecular weight is 183 g/mol. The van der Waals surface area contributed by atoms with E-state index in [-0.39, 0.29) is 0 Å². The Morgan fingerprint density at radius 3 is 2.83 bits per heavy atom. The largest absolute Gasteiger partial charge is 0.398 e. The topological polar surface area (TPSA) is 35.2 Å². The van der Waals surface area contributed by atoms with Gasteiger partial charge < -0.3 is 10.5 Å². The maximum atomic E-state index is 5.73. The maximum Gasteiger partial charge on any atom is 0.0967 e. The number of hydrogen-bond donors (Lipinski definition) is 1. The number of benzene rings is 1. The van der Waals surface area contributed by atoms with Gasteiger partial charge in [0.15, 0.2) is 0 Å². The zero-order valence-corrected chi connectivity index (χ0v) is 7.93. The third-order valence-corrected chi connectivity index (χ3v) is 2.39. The highest BCUT2D eigenvalue weighted by atomic mass is 32.2. The molecule has 0 bridgehead atoms. The zero-order chi connectivity index (χ0) is 8.81. The molecule has 66 valence electrons. The predicted molar refractivity (Wildman–Crippen MR) is 53.2 cm³/mol. The Labute approximate surface area is 77.1 Å². The molecule has 0 aliphatic heterocycles. The molecule has 0 radical (unpaired) electrons. The van der Waals surface area contributed by atoms with Crippen LogP contribution in [-0.4, -0.2) is 12.5 Å². The summed E-state index contributed by atoms with van der Waals surface area (Å²) in [6.45, 7) is 2.73. The van der Waals surface area contributed by atoms with Gasteiger partial charge in [-0.15, -0.1) is 0 Å². The van der Waals surface area contributed by atoms with Crippen molar-refractivity contribution in [1.29, 1.82) is 0 Å². The molecule has 0 saturated carbocycles. The summed E-state index contributed by atoms with van der Waals surface area (Å²) in [6.07, 6.45) is 0. The van der Waals surface area contributed by atoms with Crippen LogP contribution in [0.15, 0.2) is 29.2 Å². The summed E-state index contributed by atoms with van der Waals surface area (Å²) in [5.41, 5.74) is 6.55.